The Labute approximate surface area is 160 Å². The summed E-state index contributed by atoms with van der Waals surface area (Å²) in [6.07, 6.45) is 15.4. The molecule has 0 aliphatic heterocycles. The molecule has 0 saturated heterocycles. The lowest BCUT2D eigenvalue weighted by molar-refractivity contribution is 0.0988. The summed E-state index contributed by atoms with van der Waals surface area (Å²) in [5, 5.41) is 0. The van der Waals surface area contributed by atoms with Gasteiger partial charge in [-0.1, -0.05) is 79.9 Å². The predicted octanol–water partition coefficient (Wildman–Crippen LogP) is 8.81. The van der Waals surface area contributed by atoms with Crippen LogP contribution in [0.25, 0.3) is 0 Å². The van der Waals surface area contributed by atoms with E-state index >= 15 is 0 Å². The van der Waals surface area contributed by atoms with Gasteiger partial charge in [0.05, 0.1) is 0 Å². The molecule has 0 radical (unpaired) electrons. The maximum absolute atomic E-state index is 4.51. The van der Waals surface area contributed by atoms with Gasteiger partial charge in [0.2, 0.25) is 0 Å². The van der Waals surface area contributed by atoms with Crippen molar-refractivity contribution < 1.29 is 0 Å². The summed E-state index contributed by atoms with van der Waals surface area (Å²) in [6.45, 7) is 21.0. The Morgan fingerprint density at radius 2 is 1.76 bits per heavy atom. The van der Waals surface area contributed by atoms with E-state index in [1.807, 2.05) is 13.8 Å². The van der Waals surface area contributed by atoms with Gasteiger partial charge in [-0.05, 0) is 80.0 Å². The van der Waals surface area contributed by atoms with Gasteiger partial charge in [0, 0.05) is 0 Å². The minimum absolute atomic E-state index is 0.425. The molecule has 2 aliphatic rings. The summed E-state index contributed by atoms with van der Waals surface area (Å²) in [4.78, 5) is 0. The van der Waals surface area contributed by atoms with Crippen LogP contribution in [0.3, 0.4) is 0 Å². The fourth-order valence-corrected chi connectivity index (χ4v) is 6.03. The minimum Gasteiger partial charge on any atom is -0.0993 e. The lowest BCUT2D eigenvalue weighted by Crippen LogP contribution is -2.34. The first-order chi connectivity index (χ1) is 11.9. The molecular weight excluding hydrogens is 300 g/mol. The van der Waals surface area contributed by atoms with Gasteiger partial charge in [0.25, 0.3) is 0 Å². The number of rotatable bonds is 7. The second kappa shape index (κ2) is 10.2. The second-order valence-electron chi connectivity index (χ2n) is 9.34. The zero-order valence-corrected chi connectivity index (χ0v) is 18.7. The number of hydrogen-bond acceptors (Lipinski definition) is 0. The van der Waals surface area contributed by atoms with Crippen LogP contribution >= 0.6 is 0 Å². The van der Waals surface area contributed by atoms with E-state index in [1.165, 1.54) is 70.6 Å². The molecule has 0 amide bonds. The van der Waals surface area contributed by atoms with Gasteiger partial charge >= 0.3 is 0 Å². The van der Waals surface area contributed by atoms with E-state index in [-0.39, 0.29) is 0 Å². The highest BCUT2D eigenvalue weighted by Crippen LogP contribution is 2.55. The van der Waals surface area contributed by atoms with Crippen LogP contribution in [0.1, 0.15) is 119 Å². The summed E-state index contributed by atoms with van der Waals surface area (Å²) >= 11 is 0. The van der Waals surface area contributed by atoms with Crippen LogP contribution in [0.5, 0.6) is 0 Å². The van der Waals surface area contributed by atoms with Gasteiger partial charge in [-0.3, -0.25) is 0 Å². The molecule has 2 saturated carbocycles. The zero-order chi connectivity index (χ0) is 19.1. The first kappa shape index (κ1) is 22.8. The van der Waals surface area contributed by atoms with Crippen molar-refractivity contribution in [3.8, 4) is 0 Å². The summed E-state index contributed by atoms with van der Waals surface area (Å²) < 4.78 is 0. The van der Waals surface area contributed by atoms with Crippen molar-refractivity contribution in [2.75, 3.05) is 0 Å². The molecule has 0 aromatic carbocycles. The SMILES string of the molecule is C=C1CCCCC1(C)C(CCC)CCC1(C)C(C)CCC1CC.CC. The molecule has 2 aliphatic carbocycles. The molecule has 5 unspecified atom stereocenters. The third kappa shape index (κ3) is 4.92. The van der Waals surface area contributed by atoms with Crippen LogP contribution in [0.2, 0.25) is 0 Å². The molecule has 0 aromatic heterocycles. The molecule has 0 aromatic rings. The van der Waals surface area contributed by atoms with Gasteiger partial charge in [-0.15, -0.1) is 0 Å². The highest BCUT2D eigenvalue weighted by Gasteiger charge is 2.44. The van der Waals surface area contributed by atoms with Crippen LogP contribution < -0.4 is 0 Å². The van der Waals surface area contributed by atoms with E-state index in [2.05, 4.69) is 41.2 Å². The molecule has 2 fully saturated rings. The molecule has 2 rings (SSSR count). The van der Waals surface area contributed by atoms with Crippen LogP contribution in [0.15, 0.2) is 12.2 Å². The van der Waals surface area contributed by atoms with E-state index in [1.54, 1.807) is 5.57 Å². The summed E-state index contributed by atoms with van der Waals surface area (Å²) in [5.41, 5.74) is 2.58. The fraction of sp³-hybridized carbons (Fsp3) is 0.920. The Balaban J connectivity index is 0.00000151. The van der Waals surface area contributed by atoms with Crippen molar-refractivity contribution >= 4 is 0 Å². The lowest BCUT2D eigenvalue weighted by Gasteiger charge is -2.45. The van der Waals surface area contributed by atoms with Crippen molar-refractivity contribution in [1.82, 2.24) is 0 Å². The zero-order valence-electron chi connectivity index (χ0n) is 18.7. The molecule has 0 heteroatoms. The Hall–Kier alpha value is -0.260. The Morgan fingerprint density at radius 1 is 1.08 bits per heavy atom. The van der Waals surface area contributed by atoms with Crippen molar-refractivity contribution in [2.45, 2.75) is 119 Å². The van der Waals surface area contributed by atoms with E-state index in [0.29, 0.717) is 10.8 Å². The molecule has 0 bridgehead atoms. The Morgan fingerprint density at radius 3 is 2.32 bits per heavy atom. The lowest BCUT2D eigenvalue weighted by atomic mass is 9.60. The van der Waals surface area contributed by atoms with Crippen LogP contribution in [0, 0.1) is 28.6 Å². The first-order valence-electron chi connectivity index (χ1n) is 11.6. The van der Waals surface area contributed by atoms with Crippen molar-refractivity contribution in [3.05, 3.63) is 12.2 Å². The molecule has 0 spiro atoms. The van der Waals surface area contributed by atoms with Crippen LogP contribution in [-0.2, 0) is 0 Å². The summed E-state index contributed by atoms with van der Waals surface area (Å²) in [5.74, 6) is 2.74. The number of hydrogen-bond donors (Lipinski definition) is 0. The van der Waals surface area contributed by atoms with Gasteiger partial charge in [0.1, 0.15) is 0 Å². The number of allylic oxidation sites excluding steroid dienone is 1. The van der Waals surface area contributed by atoms with Crippen molar-refractivity contribution in [3.63, 3.8) is 0 Å². The Bertz CT molecular complexity index is 395. The maximum Gasteiger partial charge on any atom is -0.00908 e. The third-order valence-electron chi connectivity index (χ3n) is 8.30. The average Bonchev–Trinajstić information content (AvgIpc) is 2.91. The maximum atomic E-state index is 4.51. The van der Waals surface area contributed by atoms with E-state index in [4.69, 9.17) is 0 Å². The van der Waals surface area contributed by atoms with Crippen molar-refractivity contribution in [2.24, 2.45) is 28.6 Å². The standard InChI is InChI=1S/C23H42.C2H6/c1-7-11-21(22(5)16-10-9-12-18(22)3)15-17-23(6)19(4)13-14-20(23)8-2;1-2/h19-21H,3,7-17H2,1-2,4-6H3;1-2H3. The Kier molecular flexibility index (Phi) is 9.27. The highest BCUT2D eigenvalue weighted by atomic mass is 14.5. The van der Waals surface area contributed by atoms with Gasteiger partial charge in [-0.25, -0.2) is 0 Å². The summed E-state index contributed by atoms with van der Waals surface area (Å²) in [7, 11) is 0. The molecule has 25 heavy (non-hydrogen) atoms. The van der Waals surface area contributed by atoms with Gasteiger partial charge in [-0.2, -0.15) is 0 Å². The normalized spacial score (nSPS) is 36.7. The molecule has 0 heterocycles. The minimum atomic E-state index is 0.425. The summed E-state index contributed by atoms with van der Waals surface area (Å²) in [6, 6.07) is 0. The van der Waals surface area contributed by atoms with Crippen molar-refractivity contribution in [1.29, 1.82) is 0 Å². The largest absolute Gasteiger partial charge is 0.0993 e. The topological polar surface area (TPSA) is 0 Å². The van der Waals surface area contributed by atoms with E-state index in [9.17, 15) is 0 Å². The van der Waals surface area contributed by atoms with Crippen LogP contribution in [0.4, 0.5) is 0 Å². The average molecular weight is 349 g/mol. The molecule has 148 valence electrons. The second-order valence-corrected chi connectivity index (χ2v) is 9.34. The quantitative estimate of drug-likeness (QED) is 0.403. The fourth-order valence-electron chi connectivity index (χ4n) is 6.03. The monoisotopic (exact) mass is 348 g/mol. The van der Waals surface area contributed by atoms with E-state index < -0.39 is 0 Å². The smallest absolute Gasteiger partial charge is 0.00908 e. The molecule has 0 nitrogen and oxygen atoms in total. The molecule has 5 atom stereocenters. The molecule has 0 N–H and O–H groups in total. The molecular formula is C25H48. The predicted molar refractivity (Wildman–Crippen MR) is 115 cm³/mol. The van der Waals surface area contributed by atoms with Gasteiger partial charge in [0.15, 0.2) is 0 Å². The van der Waals surface area contributed by atoms with Crippen LogP contribution in [-0.4, -0.2) is 0 Å². The third-order valence-corrected chi connectivity index (χ3v) is 8.30. The highest BCUT2D eigenvalue weighted by molar-refractivity contribution is 5.13. The first-order valence-corrected chi connectivity index (χ1v) is 11.6. The van der Waals surface area contributed by atoms with Gasteiger partial charge < -0.3 is 0 Å². The van der Waals surface area contributed by atoms with E-state index in [0.717, 1.165) is 17.8 Å².